The number of hydrogen-bond acceptors (Lipinski definition) is 6. The Balaban J connectivity index is 2.50. The average molecular weight is 310 g/mol. The van der Waals surface area contributed by atoms with Gasteiger partial charge in [-0.25, -0.2) is 9.59 Å². The van der Waals surface area contributed by atoms with Crippen molar-refractivity contribution >= 4 is 36.2 Å². The number of piperazine rings is 1. The summed E-state index contributed by atoms with van der Waals surface area (Å²) in [5.74, 6) is -3.32. The number of carbonyl (C=O) groups is 4. The van der Waals surface area contributed by atoms with Gasteiger partial charge in [-0.3, -0.25) is 9.59 Å². The van der Waals surface area contributed by atoms with E-state index in [4.69, 9.17) is 11.1 Å². The van der Waals surface area contributed by atoms with E-state index in [9.17, 15) is 19.2 Å². The monoisotopic (exact) mass is 310 g/mol. The molecule has 1 rings (SSSR count). The molecule has 0 unspecified atom stereocenters. The fraction of sp³-hybridized carbons (Fsp3) is 0.400. The SMILES string of the molecule is [N-]=[N+]=CC(=O)OC[C@@H]1NC(=O)[C@H](COC(=O)C=[N+]=[N-])NC1=O. The van der Waals surface area contributed by atoms with Crippen LogP contribution in [0.15, 0.2) is 0 Å². The van der Waals surface area contributed by atoms with Crippen LogP contribution in [-0.2, 0) is 28.7 Å². The molecule has 0 radical (unpaired) electrons. The predicted molar refractivity (Wildman–Crippen MR) is 65.1 cm³/mol. The summed E-state index contributed by atoms with van der Waals surface area (Å²) in [5.41, 5.74) is 16.2. The summed E-state index contributed by atoms with van der Waals surface area (Å²) in [5, 5.41) is 4.52. The molecule has 12 heteroatoms. The van der Waals surface area contributed by atoms with E-state index in [1.165, 1.54) is 0 Å². The van der Waals surface area contributed by atoms with Crippen molar-refractivity contribution in [1.29, 1.82) is 0 Å². The number of amides is 2. The zero-order valence-corrected chi connectivity index (χ0v) is 11.0. The van der Waals surface area contributed by atoms with Gasteiger partial charge in [-0.05, 0) is 0 Å². The van der Waals surface area contributed by atoms with Crippen LogP contribution in [0.1, 0.15) is 0 Å². The molecule has 12 nitrogen and oxygen atoms in total. The van der Waals surface area contributed by atoms with Crippen LogP contribution in [0.3, 0.4) is 0 Å². The van der Waals surface area contributed by atoms with Crippen molar-refractivity contribution < 1.29 is 38.2 Å². The largest absolute Gasteiger partial charge is 0.455 e. The molecule has 0 aromatic heterocycles. The smallest absolute Gasteiger partial charge is 0.413 e. The van der Waals surface area contributed by atoms with Crippen LogP contribution >= 0.6 is 0 Å². The third-order valence-electron chi connectivity index (χ3n) is 2.38. The Labute approximate surface area is 122 Å². The van der Waals surface area contributed by atoms with E-state index in [2.05, 4.69) is 29.7 Å². The van der Waals surface area contributed by atoms with Crippen molar-refractivity contribution in [2.24, 2.45) is 0 Å². The number of nitrogens with zero attached hydrogens (tertiary/aromatic N) is 4. The molecular formula is C10H10N6O6. The van der Waals surface area contributed by atoms with Crippen LogP contribution in [-0.4, -0.2) is 71.1 Å². The molecule has 2 atom stereocenters. The zero-order valence-electron chi connectivity index (χ0n) is 11.0. The van der Waals surface area contributed by atoms with Gasteiger partial charge >= 0.3 is 24.4 Å². The first kappa shape index (κ1) is 16.7. The van der Waals surface area contributed by atoms with Crippen LogP contribution in [0.4, 0.5) is 0 Å². The summed E-state index contributed by atoms with van der Waals surface area (Å²) in [4.78, 5) is 50.1. The number of esters is 2. The molecule has 0 aliphatic carbocycles. The average Bonchev–Trinajstić information content (AvgIpc) is 2.47. The number of ether oxygens (including phenoxy) is 2. The van der Waals surface area contributed by atoms with Gasteiger partial charge in [-0.1, -0.05) is 0 Å². The third-order valence-corrected chi connectivity index (χ3v) is 2.38. The van der Waals surface area contributed by atoms with Crippen molar-refractivity contribution in [1.82, 2.24) is 10.6 Å². The predicted octanol–water partition coefficient (Wildman–Crippen LogP) is -3.34. The third kappa shape index (κ3) is 4.96. The molecule has 1 aliphatic heterocycles. The standard InChI is InChI=1S/C10H10N6O6/c11-13-1-7(17)21-3-5-9(19)16-6(10(20)15-5)4-22-8(18)2-14-12/h1-2,5-6H,3-4H2,(H,15,20)(H,16,19)/t5-,6-/m0/s1. The lowest BCUT2D eigenvalue weighted by Gasteiger charge is -2.28. The van der Waals surface area contributed by atoms with Crippen molar-refractivity contribution in [2.45, 2.75) is 12.1 Å². The van der Waals surface area contributed by atoms with E-state index in [-0.39, 0.29) is 0 Å². The van der Waals surface area contributed by atoms with Crippen LogP contribution in [0.2, 0.25) is 0 Å². The van der Waals surface area contributed by atoms with Gasteiger partial charge in [0, 0.05) is 0 Å². The molecule has 1 fully saturated rings. The van der Waals surface area contributed by atoms with E-state index in [0.29, 0.717) is 12.4 Å². The van der Waals surface area contributed by atoms with E-state index >= 15 is 0 Å². The van der Waals surface area contributed by atoms with Gasteiger partial charge in [0.2, 0.25) is 11.8 Å². The second-order valence-electron chi connectivity index (χ2n) is 3.87. The van der Waals surface area contributed by atoms with Gasteiger partial charge < -0.3 is 31.2 Å². The van der Waals surface area contributed by atoms with Crippen molar-refractivity contribution in [3.05, 3.63) is 11.1 Å². The molecule has 116 valence electrons. The molecule has 2 N–H and O–H groups in total. The van der Waals surface area contributed by atoms with Gasteiger partial charge in [0.15, 0.2) is 0 Å². The Bertz CT molecular complexity index is 539. The summed E-state index contributed by atoms with van der Waals surface area (Å²) in [6, 6.07) is -2.26. The maximum absolute atomic E-state index is 11.7. The van der Waals surface area contributed by atoms with E-state index in [0.717, 1.165) is 0 Å². The maximum Gasteiger partial charge on any atom is 0.413 e. The highest BCUT2D eigenvalue weighted by atomic mass is 16.5. The van der Waals surface area contributed by atoms with Gasteiger partial charge in [0.1, 0.15) is 25.3 Å². The number of nitrogens with one attached hydrogen (secondary N) is 2. The summed E-state index contributed by atoms with van der Waals surface area (Å²) in [6.45, 7) is -0.932. The maximum atomic E-state index is 11.7. The Hall–Kier alpha value is -3.36. The van der Waals surface area contributed by atoms with E-state index in [1.807, 2.05) is 0 Å². The van der Waals surface area contributed by atoms with Gasteiger partial charge in [-0.15, -0.1) is 0 Å². The normalized spacial score (nSPS) is 19.6. The first-order valence-electron chi connectivity index (χ1n) is 5.77. The van der Waals surface area contributed by atoms with Gasteiger partial charge in [0.25, 0.3) is 0 Å². The first-order chi connectivity index (χ1) is 10.5. The highest BCUT2D eigenvalue weighted by molar-refractivity contribution is 6.21. The molecule has 0 aromatic carbocycles. The number of rotatable bonds is 6. The molecule has 0 aromatic rings. The van der Waals surface area contributed by atoms with E-state index in [1.54, 1.807) is 0 Å². The van der Waals surface area contributed by atoms with Crippen LogP contribution in [0.25, 0.3) is 11.1 Å². The Morgan fingerprint density at radius 1 is 0.955 bits per heavy atom. The molecular weight excluding hydrogens is 300 g/mol. The summed E-state index contributed by atoms with van der Waals surface area (Å²) >= 11 is 0. The fourth-order valence-corrected chi connectivity index (χ4v) is 1.41. The molecule has 22 heavy (non-hydrogen) atoms. The first-order valence-corrected chi connectivity index (χ1v) is 5.77. The Morgan fingerprint density at radius 2 is 1.32 bits per heavy atom. The minimum Gasteiger partial charge on any atom is -0.455 e. The van der Waals surface area contributed by atoms with Gasteiger partial charge in [-0.2, -0.15) is 9.58 Å². The molecule has 2 amide bonds. The number of carbonyl (C=O) groups excluding carboxylic acids is 4. The lowest BCUT2D eigenvalue weighted by Crippen LogP contribution is -2.64. The lowest BCUT2D eigenvalue weighted by molar-refractivity contribution is -0.148. The van der Waals surface area contributed by atoms with Crippen LogP contribution < -0.4 is 10.6 Å². The number of hydrogen-bond donors (Lipinski definition) is 2. The highest BCUT2D eigenvalue weighted by Gasteiger charge is 2.35. The topological polar surface area (TPSA) is 184 Å². The molecule has 1 saturated heterocycles. The minimum absolute atomic E-state index is 0.466. The van der Waals surface area contributed by atoms with Crippen molar-refractivity contribution in [3.8, 4) is 0 Å². The lowest BCUT2D eigenvalue weighted by atomic mass is 10.1. The van der Waals surface area contributed by atoms with Crippen LogP contribution in [0.5, 0.6) is 0 Å². The van der Waals surface area contributed by atoms with Crippen LogP contribution in [0, 0.1) is 0 Å². The molecule has 0 saturated carbocycles. The quantitative estimate of drug-likeness (QED) is 0.223. The second kappa shape index (κ2) is 8.04. The second-order valence-corrected chi connectivity index (χ2v) is 3.87. The molecule has 0 bridgehead atoms. The zero-order chi connectivity index (χ0) is 16.5. The van der Waals surface area contributed by atoms with Gasteiger partial charge in [0.05, 0.1) is 0 Å². The Morgan fingerprint density at radius 3 is 1.64 bits per heavy atom. The summed E-state index contributed by atoms with van der Waals surface area (Å²) in [7, 11) is 0. The molecule has 1 aliphatic rings. The van der Waals surface area contributed by atoms with E-state index < -0.39 is 49.1 Å². The van der Waals surface area contributed by atoms with Crippen molar-refractivity contribution in [3.63, 3.8) is 0 Å². The molecule has 1 heterocycles. The van der Waals surface area contributed by atoms with Crippen molar-refractivity contribution in [2.75, 3.05) is 13.2 Å². The molecule has 0 spiro atoms. The summed E-state index contributed by atoms with van der Waals surface area (Å²) < 4.78 is 9.10. The minimum atomic E-state index is -1.13. The highest BCUT2D eigenvalue weighted by Crippen LogP contribution is 1.99. The summed E-state index contributed by atoms with van der Waals surface area (Å²) in [6.07, 6.45) is 0.959. The fourth-order valence-electron chi connectivity index (χ4n) is 1.41. The Kier molecular flexibility index (Phi) is 6.10.